The summed E-state index contributed by atoms with van der Waals surface area (Å²) in [6, 6.07) is 75.9. The smallest absolute Gasteiger partial charge is 0.188 e. The van der Waals surface area contributed by atoms with Gasteiger partial charge in [0.25, 0.3) is 0 Å². The topological polar surface area (TPSA) is 130 Å². The van der Waals surface area contributed by atoms with Crippen LogP contribution in [-0.4, -0.2) is 168 Å². The standard InChI is InChI=1S/C24H36NO2P.C22H32NO2P.C19H26NO2P.2C18H24NO2P.C17H22NO2P/c1-23(2,3)17-14-18(24(4,5)6)22(27-16-26-9)21(15-17)28-20-13-11-10-12-19(20)25(7)8;1-15-9-10-19(18(12-15)23(6)7)26-20-13-16(2)11-17(22(3,4)5)21(20)25-14-24-8;1-13-7-8-17(16(10-13)20(4)5)23-18-11-14(2)9-15(3)19(18)22-12-21-6;1-13-7-9-17(15(10-13)19(3)4)22-18-11-14(2)6-8-16(18)21-12-20-5;1-13-9-10-16(15(11-13)19(3)4)22-17-8-6-7-14(2)18(17)21-12-20-5;1-13-9-10-16(14(11-13)18(2)3)21-17-8-6-5-7-15(17)20-12-19-4/h10-15,28H,16H2,1-9H3;9-13,26H,14H2,1-8H3;7-11,23H,12H2,1-6H3;2*6-11,22H,12H2,1-5H3;5-11,21H,12H2,1-4H3. The zero-order valence-electron chi connectivity index (χ0n) is 92.0. The molecular weight excluding hydrogens is 1880 g/mol. The first-order chi connectivity index (χ1) is 67.1. The van der Waals surface area contributed by atoms with Gasteiger partial charge in [0.2, 0.25) is 0 Å². The second-order valence-corrected chi connectivity index (χ2v) is 47.8. The van der Waals surface area contributed by atoms with E-state index in [9.17, 15) is 0 Å². The van der Waals surface area contributed by atoms with Crippen LogP contribution in [0.5, 0.6) is 34.5 Å². The van der Waals surface area contributed by atoms with Gasteiger partial charge in [-0.05, 0) is 214 Å². The van der Waals surface area contributed by atoms with Gasteiger partial charge in [-0.15, -0.1) is 0 Å². The molecule has 18 nitrogen and oxygen atoms in total. The molecule has 6 unspecified atom stereocenters. The monoisotopic (exact) mass is 2040 g/mol. The van der Waals surface area contributed by atoms with Crippen LogP contribution in [0.3, 0.4) is 0 Å². The van der Waals surface area contributed by atoms with Gasteiger partial charge in [-0.3, -0.25) is 0 Å². The van der Waals surface area contributed by atoms with Gasteiger partial charge in [0.05, 0.1) is 0 Å². The summed E-state index contributed by atoms with van der Waals surface area (Å²) in [7, 11) is 38.2. The van der Waals surface area contributed by atoms with Crippen molar-refractivity contribution in [3.05, 3.63) is 285 Å². The van der Waals surface area contributed by atoms with Crippen LogP contribution in [0.1, 0.15) is 135 Å². The number of para-hydroxylation sites is 3. The highest BCUT2D eigenvalue weighted by Gasteiger charge is 2.29. The molecule has 0 heterocycles. The predicted octanol–water partition coefficient (Wildman–Crippen LogP) is 21.2. The van der Waals surface area contributed by atoms with E-state index in [0.29, 0.717) is 51.5 Å². The highest BCUT2D eigenvalue weighted by molar-refractivity contribution is 7.58. The van der Waals surface area contributed by atoms with Crippen LogP contribution in [0.2, 0.25) is 0 Å². The first-order valence-electron chi connectivity index (χ1n) is 47.9. The molecule has 12 rings (SSSR count). The third-order valence-electron chi connectivity index (χ3n) is 22.6. The molecule has 0 fully saturated rings. The summed E-state index contributed by atoms with van der Waals surface area (Å²) in [5.74, 6) is 5.61. The zero-order chi connectivity index (χ0) is 105. The Morgan fingerprint density at radius 2 is 0.479 bits per heavy atom. The minimum Gasteiger partial charge on any atom is -0.467 e. The molecule has 0 bridgehead atoms. The fraction of sp³-hybridized carbons (Fsp3) is 0.390. The van der Waals surface area contributed by atoms with Crippen LogP contribution in [0, 0.1) is 69.2 Å². The van der Waals surface area contributed by atoms with Crippen molar-refractivity contribution in [3.8, 4) is 34.5 Å². The Labute approximate surface area is 864 Å². The minimum atomic E-state index is -0.0232. The van der Waals surface area contributed by atoms with Gasteiger partial charge in [0, 0.05) is 236 Å². The molecule has 0 radical (unpaired) electrons. The average molecular weight is 2040 g/mol. The van der Waals surface area contributed by atoms with Crippen LogP contribution in [0.15, 0.2) is 212 Å². The first-order valence-corrected chi connectivity index (χ1v) is 53.9. The maximum Gasteiger partial charge on any atom is 0.188 e. The zero-order valence-corrected chi connectivity index (χ0v) is 98.0. The molecule has 0 aliphatic heterocycles. The van der Waals surface area contributed by atoms with Gasteiger partial charge in [0.15, 0.2) is 40.8 Å². The third kappa shape index (κ3) is 37.3. The average Bonchev–Trinajstić information content (AvgIpc) is 0.726. The van der Waals surface area contributed by atoms with E-state index in [1.54, 1.807) is 42.7 Å². The number of hydrogen-bond donors (Lipinski definition) is 0. The van der Waals surface area contributed by atoms with Crippen molar-refractivity contribution >= 4 is 149 Å². The van der Waals surface area contributed by atoms with Gasteiger partial charge in [-0.2, -0.15) is 0 Å². The summed E-state index contributed by atoms with van der Waals surface area (Å²) in [6.07, 6.45) is 0. The molecule has 24 heteroatoms. The largest absolute Gasteiger partial charge is 0.467 e. The van der Waals surface area contributed by atoms with Crippen molar-refractivity contribution in [1.29, 1.82) is 0 Å². The molecule has 12 aromatic rings. The number of aryl methyl sites for hydroxylation is 10. The summed E-state index contributed by atoms with van der Waals surface area (Å²) < 4.78 is 65.8. The lowest BCUT2D eigenvalue weighted by Gasteiger charge is -2.29. The van der Waals surface area contributed by atoms with Gasteiger partial charge in [0.1, 0.15) is 34.5 Å². The maximum absolute atomic E-state index is 6.16. The van der Waals surface area contributed by atoms with Gasteiger partial charge < -0.3 is 86.2 Å². The number of nitrogens with zero attached hydrogens (tertiary/aromatic N) is 6. The summed E-state index contributed by atoms with van der Waals surface area (Å²) in [5.41, 5.74) is 23.9. The highest BCUT2D eigenvalue weighted by atomic mass is 31.1. The molecule has 0 aliphatic carbocycles. The van der Waals surface area contributed by atoms with E-state index in [1.807, 2.05) is 24.3 Å². The lowest BCUT2D eigenvalue weighted by molar-refractivity contribution is 0.0504. The fourth-order valence-corrected chi connectivity index (χ4v) is 24.1. The Morgan fingerprint density at radius 1 is 0.204 bits per heavy atom. The molecule has 0 aliphatic rings. The molecule has 0 saturated heterocycles. The van der Waals surface area contributed by atoms with Crippen LogP contribution >= 0.6 is 51.5 Å². The minimum absolute atomic E-state index is 0.00593. The quantitative estimate of drug-likeness (QED) is 0.0272. The van der Waals surface area contributed by atoms with Crippen LogP contribution in [0.25, 0.3) is 0 Å². The predicted molar refractivity (Wildman–Crippen MR) is 627 cm³/mol. The van der Waals surface area contributed by atoms with E-state index in [0.717, 1.165) is 45.6 Å². The van der Waals surface area contributed by atoms with E-state index in [-0.39, 0.29) is 57.0 Å². The fourth-order valence-electron chi connectivity index (χ4n) is 15.3. The number of ether oxygens (including phenoxy) is 12. The number of benzene rings is 12. The third-order valence-corrected chi connectivity index (χ3v) is 30.7. The molecular formula is C118H164N6O12P6. The molecule has 0 saturated carbocycles. The lowest BCUT2D eigenvalue weighted by atomic mass is 9.80. The summed E-state index contributed by atoms with van der Waals surface area (Å²) >= 11 is 0. The van der Waals surface area contributed by atoms with Crippen LogP contribution in [0.4, 0.5) is 34.1 Å². The molecule has 768 valence electrons. The van der Waals surface area contributed by atoms with E-state index < -0.39 is 0 Å². The second kappa shape index (κ2) is 58.1. The van der Waals surface area contributed by atoms with Crippen molar-refractivity contribution < 1.29 is 56.8 Å². The molecule has 12 aromatic carbocycles. The molecule has 0 spiro atoms. The molecule has 6 atom stereocenters. The molecule has 0 aromatic heterocycles. The number of hydrogen-bond acceptors (Lipinski definition) is 18. The van der Waals surface area contributed by atoms with Crippen LogP contribution in [-0.2, 0) is 44.7 Å². The normalized spacial score (nSPS) is 11.6. The lowest BCUT2D eigenvalue weighted by Crippen LogP contribution is -2.24. The molecule has 0 N–H and O–H groups in total. The highest BCUT2D eigenvalue weighted by Crippen LogP contribution is 2.41. The van der Waals surface area contributed by atoms with Gasteiger partial charge in [-0.1, -0.05) is 259 Å². The Balaban J connectivity index is 0.000000232. The Morgan fingerprint density at radius 3 is 0.859 bits per heavy atom. The van der Waals surface area contributed by atoms with Crippen molar-refractivity contribution in [3.63, 3.8) is 0 Å². The van der Waals surface area contributed by atoms with Crippen molar-refractivity contribution in [2.75, 3.05) is 197 Å². The summed E-state index contributed by atoms with van der Waals surface area (Å²) in [5, 5.41) is 15.3. The Hall–Kier alpha value is -9.42. The molecule has 0 amide bonds. The Bertz CT molecular complexity index is 5930. The van der Waals surface area contributed by atoms with E-state index in [2.05, 4.69) is 434 Å². The first kappa shape index (κ1) is 120. The SMILES string of the molecule is COCOc1c(C)cc(C)cc1Pc1ccc(C)cc1N(C)C.COCOc1c(C)cccc1Pc1ccc(C)cc1N(C)C.COCOc1c(Pc2ccc(C)cc2N(C)C)cc(C)cc1C(C)(C)C.COCOc1c(Pc2ccccc2N(C)C)cc(C(C)(C)C)cc1C(C)(C)C.COCOc1ccc(C)cc1Pc1ccc(C)cc1N(C)C.COCOc1ccccc1Pc1ccc(C)cc1N(C)C. The number of rotatable bonds is 36. The number of anilines is 6. The summed E-state index contributed by atoms with van der Waals surface area (Å²) in [4.78, 5) is 13.0. The van der Waals surface area contributed by atoms with Crippen molar-refractivity contribution in [2.45, 2.75) is 148 Å². The van der Waals surface area contributed by atoms with Gasteiger partial charge in [-0.25, -0.2) is 0 Å². The van der Waals surface area contributed by atoms with E-state index in [4.69, 9.17) is 56.8 Å². The van der Waals surface area contributed by atoms with Crippen molar-refractivity contribution in [1.82, 2.24) is 0 Å². The van der Waals surface area contributed by atoms with E-state index in [1.165, 1.54) is 159 Å². The number of methoxy groups -OCH3 is 6. The summed E-state index contributed by atoms with van der Waals surface area (Å²) in [6.45, 7) is 43.0. The van der Waals surface area contributed by atoms with Gasteiger partial charge >= 0.3 is 0 Å². The Kier molecular flexibility index (Phi) is 48.9. The van der Waals surface area contributed by atoms with Crippen molar-refractivity contribution in [2.24, 2.45) is 0 Å². The van der Waals surface area contributed by atoms with Crippen LogP contribution < -0.4 is 121 Å². The van der Waals surface area contributed by atoms with E-state index >= 15 is 0 Å². The second-order valence-electron chi connectivity index (χ2n) is 39.8. The molecule has 142 heavy (non-hydrogen) atoms. The maximum atomic E-state index is 6.16.